The molecular weight excluding hydrogens is 164 g/mol. The fraction of sp³-hybridized carbons (Fsp3) is 0.300. The molecule has 69 valence electrons. The van der Waals surface area contributed by atoms with Crippen molar-refractivity contribution in [1.82, 2.24) is 0 Å². The van der Waals surface area contributed by atoms with Crippen LogP contribution in [0.1, 0.15) is 6.42 Å². The molecule has 0 unspecified atom stereocenters. The van der Waals surface area contributed by atoms with Crippen LogP contribution in [0.15, 0.2) is 24.3 Å². The Morgan fingerprint density at radius 2 is 2.15 bits per heavy atom. The zero-order valence-corrected chi connectivity index (χ0v) is 7.66. The molecule has 3 heteroatoms. The van der Waals surface area contributed by atoms with E-state index in [0.29, 0.717) is 13.0 Å². The van der Waals surface area contributed by atoms with Gasteiger partial charge in [-0.25, -0.2) is 0 Å². The van der Waals surface area contributed by atoms with Crippen LogP contribution in [-0.2, 0) is 4.79 Å². The lowest BCUT2D eigenvalue weighted by molar-refractivity contribution is -0.117. The Balaban J connectivity index is 2.49. The summed E-state index contributed by atoms with van der Waals surface area (Å²) >= 11 is 0. The second kappa shape index (κ2) is 4.50. The molecule has 1 radical (unpaired) electrons. The van der Waals surface area contributed by atoms with Crippen molar-refractivity contribution < 1.29 is 4.79 Å². The number of primary amides is 1. The number of carbonyl (C=O) groups excluding carboxylic acids is 1. The highest BCUT2D eigenvalue weighted by atomic mass is 16.1. The number of rotatable bonds is 4. The molecule has 0 saturated carbocycles. The molecule has 0 atom stereocenters. The zero-order valence-electron chi connectivity index (χ0n) is 7.66. The Labute approximate surface area is 78.2 Å². The van der Waals surface area contributed by atoms with Gasteiger partial charge in [0.25, 0.3) is 0 Å². The zero-order chi connectivity index (χ0) is 9.68. The fourth-order valence-corrected chi connectivity index (χ4v) is 1.04. The molecule has 0 spiro atoms. The number of hydrogen-bond donors (Lipinski definition) is 1. The van der Waals surface area contributed by atoms with Crippen LogP contribution >= 0.6 is 0 Å². The third-order valence-electron chi connectivity index (χ3n) is 1.84. The quantitative estimate of drug-likeness (QED) is 0.739. The molecule has 0 aliphatic heterocycles. The van der Waals surface area contributed by atoms with Crippen molar-refractivity contribution in [1.29, 1.82) is 0 Å². The smallest absolute Gasteiger partial charge is 0.219 e. The van der Waals surface area contributed by atoms with E-state index in [1.54, 1.807) is 0 Å². The molecule has 0 aromatic heterocycles. The van der Waals surface area contributed by atoms with Gasteiger partial charge in [0.2, 0.25) is 5.91 Å². The summed E-state index contributed by atoms with van der Waals surface area (Å²) in [6.45, 7) is 0.652. The Morgan fingerprint density at radius 1 is 1.54 bits per heavy atom. The summed E-state index contributed by atoms with van der Waals surface area (Å²) in [5.41, 5.74) is 6.12. The summed E-state index contributed by atoms with van der Waals surface area (Å²) in [5, 5.41) is 0. The molecule has 1 aromatic carbocycles. The van der Waals surface area contributed by atoms with Gasteiger partial charge in [0.1, 0.15) is 0 Å². The van der Waals surface area contributed by atoms with Crippen molar-refractivity contribution in [3.8, 4) is 0 Å². The number of benzene rings is 1. The summed E-state index contributed by atoms with van der Waals surface area (Å²) in [6, 6.07) is 10.5. The monoisotopic (exact) mass is 177 g/mol. The highest BCUT2D eigenvalue weighted by Crippen LogP contribution is 2.10. The maximum Gasteiger partial charge on any atom is 0.219 e. The highest BCUT2D eigenvalue weighted by molar-refractivity contribution is 5.74. The van der Waals surface area contributed by atoms with Crippen LogP contribution in [0.25, 0.3) is 0 Å². The van der Waals surface area contributed by atoms with Crippen LogP contribution < -0.4 is 10.6 Å². The first kappa shape index (κ1) is 9.58. The van der Waals surface area contributed by atoms with Crippen molar-refractivity contribution >= 4 is 11.6 Å². The lowest BCUT2D eigenvalue weighted by atomic mass is 10.3. The summed E-state index contributed by atoms with van der Waals surface area (Å²) in [5.74, 6) is -0.269. The van der Waals surface area contributed by atoms with Crippen LogP contribution in [0.4, 0.5) is 5.69 Å². The Bertz CT molecular complexity index is 272. The number of anilines is 1. The standard InChI is InChI=1S/C10H13N2O/c1-12(8-7-10(11)13)9-5-3-2-4-6-9/h3-6H,7-8H2,1H3,(H2,11,13). The lowest BCUT2D eigenvalue weighted by Gasteiger charge is -2.17. The minimum atomic E-state index is -0.269. The molecule has 1 amide bonds. The van der Waals surface area contributed by atoms with Gasteiger partial charge < -0.3 is 10.6 Å². The SMILES string of the molecule is CN(CCC(N)=O)c1cc[c]cc1. The Morgan fingerprint density at radius 3 is 2.69 bits per heavy atom. The van der Waals surface area contributed by atoms with E-state index in [4.69, 9.17) is 5.73 Å². The third kappa shape index (κ3) is 3.15. The minimum absolute atomic E-state index is 0.269. The van der Waals surface area contributed by atoms with Crippen molar-refractivity contribution in [3.63, 3.8) is 0 Å². The summed E-state index contributed by atoms with van der Waals surface area (Å²) < 4.78 is 0. The molecule has 2 N–H and O–H groups in total. The highest BCUT2D eigenvalue weighted by Gasteiger charge is 2.00. The van der Waals surface area contributed by atoms with Crippen molar-refractivity contribution in [3.05, 3.63) is 30.3 Å². The van der Waals surface area contributed by atoms with E-state index in [2.05, 4.69) is 6.07 Å². The molecule has 0 saturated heterocycles. The number of nitrogens with two attached hydrogens (primary N) is 1. The average molecular weight is 177 g/mol. The Kier molecular flexibility index (Phi) is 3.31. The van der Waals surface area contributed by atoms with Crippen LogP contribution in [0.5, 0.6) is 0 Å². The van der Waals surface area contributed by atoms with E-state index in [-0.39, 0.29) is 5.91 Å². The van der Waals surface area contributed by atoms with Gasteiger partial charge in [-0.15, -0.1) is 0 Å². The van der Waals surface area contributed by atoms with Gasteiger partial charge in [-0.2, -0.15) is 0 Å². The molecular formula is C10H13N2O. The van der Waals surface area contributed by atoms with E-state index >= 15 is 0 Å². The van der Waals surface area contributed by atoms with Gasteiger partial charge in [-0.1, -0.05) is 12.1 Å². The van der Waals surface area contributed by atoms with Gasteiger partial charge in [0, 0.05) is 25.7 Å². The second-order valence-electron chi connectivity index (χ2n) is 2.90. The average Bonchev–Trinajstić information content (AvgIpc) is 2.15. The van der Waals surface area contributed by atoms with E-state index < -0.39 is 0 Å². The van der Waals surface area contributed by atoms with Gasteiger partial charge in [0.05, 0.1) is 0 Å². The predicted molar refractivity (Wildman–Crippen MR) is 52.4 cm³/mol. The predicted octanol–water partition coefficient (Wildman–Crippen LogP) is 0.798. The van der Waals surface area contributed by atoms with Crippen LogP contribution in [-0.4, -0.2) is 19.5 Å². The van der Waals surface area contributed by atoms with Crippen LogP contribution in [0.2, 0.25) is 0 Å². The van der Waals surface area contributed by atoms with Crippen LogP contribution in [0.3, 0.4) is 0 Å². The molecule has 0 heterocycles. The molecule has 0 aliphatic rings. The van der Waals surface area contributed by atoms with Crippen LogP contribution in [0, 0.1) is 6.07 Å². The second-order valence-corrected chi connectivity index (χ2v) is 2.90. The number of carbonyl (C=O) groups is 1. The minimum Gasteiger partial charge on any atom is -0.374 e. The van der Waals surface area contributed by atoms with Crippen molar-refractivity contribution in [2.75, 3.05) is 18.5 Å². The number of amides is 1. The third-order valence-corrected chi connectivity index (χ3v) is 1.84. The first-order valence-electron chi connectivity index (χ1n) is 4.15. The molecule has 1 aromatic rings. The molecule has 3 nitrogen and oxygen atoms in total. The van der Waals surface area contributed by atoms with Crippen molar-refractivity contribution in [2.45, 2.75) is 6.42 Å². The summed E-state index contributed by atoms with van der Waals surface area (Å²) in [7, 11) is 1.93. The normalized spacial score (nSPS) is 9.62. The molecule has 0 fully saturated rings. The Hall–Kier alpha value is -1.51. The van der Waals surface area contributed by atoms with E-state index in [1.165, 1.54) is 0 Å². The topological polar surface area (TPSA) is 46.3 Å². The molecule has 0 bridgehead atoms. The largest absolute Gasteiger partial charge is 0.374 e. The summed E-state index contributed by atoms with van der Waals surface area (Å²) in [6.07, 6.45) is 0.384. The maximum absolute atomic E-state index is 10.5. The summed E-state index contributed by atoms with van der Waals surface area (Å²) in [4.78, 5) is 12.5. The molecule has 0 aliphatic carbocycles. The van der Waals surface area contributed by atoms with Gasteiger partial charge in [-0.3, -0.25) is 4.79 Å². The first-order valence-corrected chi connectivity index (χ1v) is 4.15. The van der Waals surface area contributed by atoms with E-state index in [9.17, 15) is 4.79 Å². The maximum atomic E-state index is 10.5. The first-order chi connectivity index (χ1) is 6.20. The van der Waals surface area contributed by atoms with E-state index in [0.717, 1.165) is 5.69 Å². The van der Waals surface area contributed by atoms with Crippen molar-refractivity contribution in [2.24, 2.45) is 5.73 Å². The molecule has 13 heavy (non-hydrogen) atoms. The van der Waals surface area contributed by atoms with Gasteiger partial charge >= 0.3 is 0 Å². The lowest BCUT2D eigenvalue weighted by Crippen LogP contribution is -2.23. The van der Waals surface area contributed by atoms with Gasteiger partial charge in [0.15, 0.2) is 0 Å². The van der Waals surface area contributed by atoms with Gasteiger partial charge in [-0.05, 0) is 18.2 Å². The number of hydrogen-bond acceptors (Lipinski definition) is 2. The number of nitrogens with zero attached hydrogens (tertiary/aromatic N) is 1. The fourth-order valence-electron chi connectivity index (χ4n) is 1.04. The van der Waals surface area contributed by atoms with E-state index in [1.807, 2.05) is 36.2 Å². The molecule has 1 rings (SSSR count).